The Kier molecular flexibility index (Phi) is 7.42. The summed E-state index contributed by atoms with van der Waals surface area (Å²) in [5.41, 5.74) is 2.53. The van der Waals surface area contributed by atoms with Gasteiger partial charge in [0.05, 0.1) is 6.54 Å². The van der Waals surface area contributed by atoms with Crippen LogP contribution in [0.5, 0.6) is 5.75 Å². The van der Waals surface area contributed by atoms with E-state index < -0.39 is 5.41 Å². The second-order valence-electron chi connectivity index (χ2n) is 7.96. The SMILES string of the molecule is C=C(C)COc1ccc(NCC(=O)Nc2cccc(NC(=O)C(C)(C)C)c2)cc1. The highest BCUT2D eigenvalue weighted by atomic mass is 16.5. The molecule has 0 saturated heterocycles. The Morgan fingerprint density at radius 2 is 1.59 bits per heavy atom. The summed E-state index contributed by atoms with van der Waals surface area (Å²) < 4.78 is 5.55. The number of nitrogens with one attached hydrogen (secondary N) is 3. The van der Waals surface area contributed by atoms with Crippen molar-refractivity contribution < 1.29 is 14.3 Å². The molecule has 0 aromatic heterocycles. The average Bonchev–Trinajstić information content (AvgIpc) is 2.65. The summed E-state index contributed by atoms with van der Waals surface area (Å²) >= 11 is 0. The second-order valence-corrected chi connectivity index (χ2v) is 7.96. The van der Waals surface area contributed by atoms with Crippen molar-refractivity contribution in [3.05, 3.63) is 60.7 Å². The molecule has 0 atom stereocenters. The predicted octanol–water partition coefficient (Wildman–Crippen LogP) is 4.68. The molecule has 3 N–H and O–H groups in total. The van der Waals surface area contributed by atoms with Crippen LogP contribution in [0.4, 0.5) is 17.1 Å². The highest BCUT2D eigenvalue weighted by Gasteiger charge is 2.21. The van der Waals surface area contributed by atoms with E-state index in [2.05, 4.69) is 22.5 Å². The van der Waals surface area contributed by atoms with Gasteiger partial charge in [0.15, 0.2) is 0 Å². The van der Waals surface area contributed by atoms with Crippen molar-refractivity contribution in [1.82, 2.24) is 0 Å². The van der Waals surface area contributed by atoms with Crippen LogP contribution in [0.2, 0.25) is 0 Å². The van der Waals surface area contributed by atoms with Crippen molar-refractivity contribution in [1.29, 1.82) is 0 Å². The van der Waals surface area contributed by atoms with Crippen LogP contribution in [-0.2, 0) is 9.59 Å². The zero-order chi connectivity index (χ0) is 21.4. The molecule has 0 aliphatic heterocycles. The van der Waals surface area contributed by atoms with Crippen molar-refractivity contribution in [2.45, 2.75) is 27.7 Å². The van der Waals surface area contributed by atoms with E-state index in [-0.39, 0.29) is 18.4 Å². The van der Waals surface area contributed by atoms with E-state index in [1.54, 1.807) is 24.3 Å². The normalized spacial score (nSPS) is 10.8. The third-order valence-electron chi connectivity index (χ3n) is 3.88. The lowest BCUT2D eigenvalue weighted by Crippen LogP contribution is -2.27. The van der Waals surface area contributed by atoms with Crippen LogP contribution < -0.4 is 20.7 Å². The zero-order valence-electron chi connectivity index (χ0n) is 17.5. The van der Waals surface area contributed by atoms with Gasteiger partial charge in [-0.2, -0.15) is 0 Å². The largest absolute Gasteiger partial charge is 0.489 e. The average molecular weight is 396 g/mol. The highest BCUT2D eigenvalue weighted by Crippen LogP contribution is 2.20. The topological polar surface area (TPSA) is 79.5 Å². The number of carbonyl (C=O) groups excluding carboxylic acids is 2. The molecule has 2 aromatic carbocycles. The fourth-order valence-electron chi connectivity index (χ4n) is 2.26. The molecule has 0 aliphatic carbocycles. The van der Waals surface area contributed by atoms with Crippen molar-refractivity contribution in [2.75, 3.05) is 29.1 Å². The van der Waals surface area contributed by atoms with Gasteiger partial charge in [-0.05, 0) is 55.0 Å². The molecule has 0 aliphatic rings. The zero-order valence-corrected chi connectivity index (χ0v) is 17.5. The monoisotopic (exact) mass is 395 g/mol. The molecule has 0 bridgehead atoms. The van der Waals surface area contributed by atoms with Gasteiger partial charge in [-0.3, -0.25) is 9.59 Å². The van der Waals surface area contributed by atoms with Gasteiger partial charge in [0, 0.05) is 22.5 Å². The number of anilines is 3. The lowest BCUT2D eigenvalue weighted by molar-refractivity contribution is -0.123. The predicted molar refractivity (Wildman–Crippen MR) is 118 cm³/mol. The molecule has 2 amide bonds. The molecule has 2 aromatic rings. The molecule has 6 heteroatoms. The fourth-order valence-corrected chi connectivity index (χ4v) is 2.26. The minimum atomic E-state index is -0.492. The van der Waals surface area contributed by atoms with Crippen molar-refractivity contribution in [2.24, 2.45) is 5.41 Å². The van der Waals surface area contributed by atoms with Crippen LogP contribution in [0.25, 0.3) is 0 Å². The highest BCUT2D eigenvalue weighted by molar-refractivity contribution is 5.97. The van der Waals surface area contributed by atoms with E-state index in [4.69, 9.17) is 4.74 Å². The maximum atomic E-state index is 12.2. The first-order valence-electron chi connectivity index (χ1n) is 9.46. The Bertz CT molecular complexity index is 868. The van der Waals surface area contributed by atoms with Gasteiger partial charge in [-0.1, -0.05) is 33.4 Å². The van der Waals surface area contributed by atoms with Crippen molar-refractivity contribution >= 4 is 28.9 Å². The minimum Gasteiger partial charge on any atom is -0.489 e. The lowest BCUT2D eigenvalue weighted by atomic mass is 9.95. The summed E-state index contributed by atoms with van der Waals surface area (Å²) in [4.78, 5) is 24.3. The number of hydrogen-bond acceptors (Lipinski definition) is 4. The number of hydrogen-bond donors (Lipinski definition) is 3. The van der Waals surface area contributed by atoms with E-state index in [1.165, 1.54) is 0 Å². The summed E-state index contributed by atoms with van der Waals surface area (Å²) in [6, 6.07) is 14.5. The first kappa shape index (κ1) is 22.0. The van der Waals surface area contributed by atoms with Crippen LogP contribution >= 0.6 is 0 Å². The molecule has 0 radical (unpaired) electrons. The number of benzene rings is 2. The smallest absolute Gasteiger partial charge is 0.243 e. The third kappa shape index (κ3) is 7.70. The quantitative estimate of drug-likeness (QED) is 0.567. The van der Waals surface area contributed by atoms with Crippen LogP contribution in [0.3, 0.4) is 0 Å². The summed E-state index contributed by atoms with van der Waals surface area (Å²) in [7, 11) is 0. The van der Waals surface area contributed by atoms with Crippen LogP contribution in [0, 0.1) is 5.41 Å². The molecule has 29 heavy (non-hydrogen) atoms. The Labute approximate surface area is 172 Å². The molecule has 154 valence electrons. The van der Waals surface area contributed by atoms with Gasteiger partial charge in [-0.25, -0.2) is 0 Å². The number of rotatable bonds is 8. The van der Waals surface area contributed by atoms with E-state index >= 15 is 0 Å². The van der Waals surface area contributed by atoms with Gasteiger partial charge in [0.2, 0.25) is 11.8 Å². The Hall–Kier alpha value is -3.28. The van der Waals surface area contributed by atoms with Gasteiger partial charge in [0.25, 0.3) is 0 Å². The summed E-state index contributed by atoms with van der Waals surface area (Å²) in [6.45, 7) is 11.8. The molecule has 0 fully saturated rings. The Morgan fingerprint density at radius 1 is 0.966 bits per heavy atom. The third-order valence-corrected chi connectivity index (χ3v) is 3.88. The van der Waals surface area contributed by atoms with Crippen LogP contribution in [-0.4, -0.2) is 25.0 Å². The molecule has 0 heterocycles. The summed E-state index contributed by atoms with van der Waals surface area (Å²) in [6.07, 6.45) is 0. The minimum absolute atomic E-state index is 0.0849. The molecular weight excluding hydrogens is 366 g/mol. The second kappa shape index (κ2) is 9.78. The van der Waals surface area contributed by atoms with E-state index in [0.717, 1.165) is 17.0 Å². The van der Waals surface area contributed by atoms with Gasteiger partial charge >= 0.3 is 0 Å². The number of carbonyl (C=O) groups is 2. The van der Waals surface area contributed by atoms with Crippen LogP contribution in [0.15, 0.2) is 60.7 Å². The molecular formula is C23H29N3O3. The van der Waals surface area contributed by atoms with Gasteiger partial charge in [0.1, 0.15) is 12.4 Å². The van der Waals surface area contributed by atoms with Crippen molar-refractivity contribution in [3.63, 3.8) is 0 Å². The first-order chi connectivity index (χ1) is 13.6. The standard InChI is InChI=1S/C23H29N3O3/c1-16(2)15-29-20-11-9-17(10-12-20)24-14-21(27)25-18-7-6-8-19(13-18)26-22(28)23(3,4)5/h6-13,24H,1,14-15H2,2-5H3,(H,25,27)(H,26,28). The van der Waals surface area contributed by atoms with E-state index in [9.17, 15) is 9.59 Å². The maximum Gasteiger partial charge on any atom is 0.243 e. The fraction of sp³-hybridized carbons (Fsp3) is 0.304. The van der Waals surface area contributed by atoms with E-state index in [0.29, 0.717) is 18.0 Å². The van der Waals surface area contributed by atoms with Crippen LogP contribution in [0.1, 0.15) is 27.7 Å². The Morgan fingerprint density at radius 3 is 2.17 bits per heavy atom. The summed E-state index contributed by atoms with van der Waals surface area (Å²) in [5.74, 6) is 0.474. The maximum absolute atomic E-state index is 12.2. The molecule has 6 nitrogen and oxygen atoms in total. The molecule has 0 unspecified atom stereocenters. The number of amides is 2. The molecule has 2 rings (SSSR count). The van der Waals surface area contributed by atoms with Gasteiger partial charge in [-0.15, -0.1) is 0 Å². The van der Waals surface area contributed by atoms with E-state index in [1.807, 2.05) is 52.0 Å². The molecule has 0 saturated carbocycles. The van der Waals surface area contributed by atoms with Gasteiger partial charge < -0.3 is 20.7 Å². The summed E-state index contributed by atoms with van der Waals surface area (Å²) in [5, 5.41) is 8.74. The molecule has 0 spiro atoms. The van der Waals surface area contributed by atoms with Crippen molar-refractivity contribution in [3.8, 4) is 5.75 Å². The Balaban J connectivity index is 1.85. The number of ether oxygens (including phenoxy) is 1. The lowest BCUT2D eigenvalue weighted by Gasteiger charge is -2.18. The first-order valence-corrected chi connectivity index (χ1v) is 9.46.